The second kappa shape index (κ2) is 7.79. The molecule has 0 fully saturated rings. The Balaban J connectivity index is 4.43. The van der Waals surface area contributed by atoms with Gasteiger partial charge in [0.15, 0.2) is 6.61 Å². The second-order valence-corrected chi connectivity index (χ2v) is 4.55. The molecule has 0 amide bonds. The minimum atomic E-state index is -1.82. The molecule has 0 saturated heterocycles. The smallest absolute Gasteiger partial charge is 0.309 e. The molecular formula is C12H21NO5. The van der Waals surface area contributed by atoms with Gasteiger partial charge in [-0.3, -0.25) is 19.7 Å². The fraction of sp³-hybridized carbons (Fsp3) is 0.833. The zero-order valence-corrected chi connectivity index (χ0v) is 11.2. The van der Waals surface area contributed by atoms with Gasteiger partial charge in [0.2, 0.25) is 5.78 Å². The van der Waals surface area contributed by atoms with E-state index in [1.54, 1.807) is 0 Å². The van der Waals surface area contributed by atoms with Gasteiger partial charge in [-0.15, -0.1) is 0 Å². The summed E-state index contributed by atoms with van der Waals surface area (Å²) >= 11 is 0. The van der Waals surface area contributed by atoms with E-state index in [-0.39, 0.29) is 6.42 Å². The quantitative estimate of drug-likeness (QED) is 0.274. The van der Waals surface area contributed by atoms with Gasteiger partial charge in [0.1, 0.15) is 0 Å². The molecule has 0 N–H and O–H groups in total. The van der Waals surface area contributed by atoms with Crippen molar-refractivity contribution < 1.29 is 19.2 Å². The number of hydrogen-bond acceptors (Lipinski definition) is 5. The number of Topliss-reactive ketones (excluding diaryl/α,β-unsaturated/α-hetero) is 1. The van der Waals surface area contributed by atoms with Crippen LogP contribution < -0.4 is 0 Å². The SMILES string of the molecule is CCCCCCC(=O)C(C)(COC(C)=O)[N+](=O)[O-]. The molecule has 6 heteroatoms. The van der Waals surface area contributed by atoms with Gasteiger partial charge < -0.3 is 4.74 Å². The lowest BCUT2D eigenvalue weighted by atomic mass is 9.94. The summed E-state index contributed by atoms with van der Waals surface area (Å²) in [7, 11) is 0. The lowest BCUT2D eigenvalue weighted by molar-refractivity contribution is -0.550. The average Bonchev–Trinajstić information content (AvgIpc) is 2.30. The van der Waals surface area contributed by atoms with E-state index in [2.05, 4.69) is 4.74 Å². The first kappa shape index (κ1) is 16.5. The predicted octanol–water partition coefficient (Wildman–Crippen LogP) is 2.12. The van der Waals surface area contributed by atoms with Crippen LogP contribution in [0, 0.1) is 10.1 Å². The molecule has 1 atom stereocenters. The van der Waals surface area contributed by atoms with E-state index in [1.807, 2.05) is 6.92 Å². The molecule has 0 rings (SSSR count). The van der Waals surface area contributed by atoms with Crippen LogP contribution in [0.1, 0.15) is 52.9 Å². The molecule has 0 radical (unpaired) electrons. The molecular weight excluding hydrogens is 238 g/mol. The summed E-state index contributed by atoms with van der Waals surface area (Å²) in [4.78, 5) is 32.8. The fourth-order valence-electron chi connectivity index (χ4n) is 1.46. The highest BCUT2D eigenvalue weighted by molar-refractivity contribution is 5.87. The number of unbranched alkanes of at least 4 members (excludes halogenated alkanes) is 3. The topological polar surface area (TPSA) is 86.5 Å². The molecule has 0 spiro atoms. The highest BCUT2D eigenvalue weighted by atomic mass is 16.6. The van der Waals surface area contributed by atoms with Crippen molar-refractivity contribution in [1.82, 2.24) is 0 Å². The number of hydrogen-bond donors (Lipinski definition) is 0. The van der Waals surface area contributed by atoms with E-state index in [0.29, 0.717) is 6.42 Å². The van der Waals surface area contributed by atoms with Gasteiger partial charge >= 0.3 is 11.5 Å². The fourth-order valence-corrected chi connectivity index (χ4v) is 1.46. The van der Waals surface area contributed by atoms with E-state index in [1.165, 1.54) is 6.92 Å². The zero-order valence-electron chi connectivity index (χ0n) is 11.2. The van der Waals surface area contributed by atoms with Gasteiger partial charge in [-0.1, -0.05) is 26.2 Å². The Hall–Kier alpha value is -1.46. The largest absolute Gasteiger partial charge is 0.458 e. The third kappa shape index (κ3) is 5.25. The Kier molecular flexibility index (Phi) is 7.16. The molecule has 0 aromatic heterocycles. The number of ketones is 1. The highest BCUT2D eigenvalue weighted by Gasteiger charge is 2.46. The number of ether oxygens (including phenoxy) is 1. The molecule has 0 aliphatic carbocycles. The molecule has 0 heterocycles. The minimum Gasteiger partial charge on any atom is -0.458 e. The molecule has 0 saturated carbocycles. The predicted molar refractivity (Wildman–Crippen MR) is 65.8 cm³/mol. The normalized spacial score (nSPS) is 13.7. The lowest BCUT2D eigenvalue weighted by Crippen LogP contribution is -2.48. The van der Waals surface area contributed by atoms with Gasteiger partial charge in [0.25, 0.3) is 0 Å². The van der Waals surface area contributed by atoms with Crippen molar-refractivity contribution in [2.24, 2.45) is 0 Å². The van der Waals surface area contributed by atoms with Crippen LogP contribution in [-0.2, 0) is 14.3 Å². The molecule has 1 unspecified atom stereocenters. The summed E-state index contributed by atoms with van der Waals surface area (Å²) in [5.41, 5.74) is -1.82. The molecule has 0 aliphatic heterocycles. The van der Waals surface area contributed by atoms with Crippen LogP contribution in [0.2, 0.25) is 0 Å². The van der Waals surface area contributed by atoms with Crippen LogP contribution in [0.25, 0.3) is 0 Å². The Morgan fingerprint density at radius 3 is 2.33 bits per heavy atom. The highest BCUT2D eigenvalue weighted by Crippen LogP contribution is 2.16. The molecule has 104 valence electrons. The van der Waals surface area contributed by atoms with Crippen molar-refractivity contribution in [1.29, 1.82) is 0 Å². The van der Waals surface area contributed by atoms with Crippen molar-refractivity contribution >= 4 is 11.8 Å². The minimum absolute atomic E-state index is 0.152. The third-order valence-corrected chi connectivity index (χ3v) is 2.82. The molecule has 0 aliphatic rings. The molecule has 0 aromatic carbocycles. The number of esters is 1. The summed E-state index contributed by atoms with van der Waals surface area (Å²) in [5.74, 6) is -1.10. The Morgan fingerprint density at radius 2 is 1.89 bits per heavy atom. The summed E-state index contributed by atoms with van der Waals surface area (Å²) in [6.07, 6.45) is 3.71. The van der Waals surface area contributed by atoms with Crippen LogP contribution in [-0.4, -0.2) is 28.8 Å². The van der Waals surface area contributed by atoms with Crippen LogP contribution >= 0.6 is 0 Å². The monoisotopic (exact) mass is 259 g/mol. The number of carbonyl (C=O) groups excluding carboxylic acids is 2. The maximum atomic E-state index is 11.8. The van der Waals surface area contributed by atoms with E-state index >= 15 is 0 Å². The Morgan fingerprint density at radius 1 is 1.28 bits per heavy atom. The van der Waals surface area contributed by atoms with Crippen LogP contribution in [0.5, 0.6) is 0 Å². The van der Waals surface area contributed by atoms with E-state index in [9.17, 15) is 19.7 Å². The summed E-state index contributed by atoms with van der Waals surface area (Å²) in [5, 5.41) is 11.0. The van der Waals surface area contributed by atoms with Gasteiger partial charge in [0.05, 0.1) is 0 Å². The van der Waals surface area contributed by atoms with Crippen molar-refractivity contribution in [2.75, 3.05) is 6.61 Å². The Bertz CT molecular complexity index is 316. The van der Waals surface area contributed by atoms with Crippen LogP contribution in [0.3, 0.4) is 0 Å². The van der Waals surface area contributed by atoms with E-state index in [0.717, 1.165) is 26.2 Å². The van der Waals surface area contributed by atoms with Gasteiger partial charge in [-0.25, -0.2) is 0 Å². The summed E-state index contributed by atoms with van der Waals surface area (Å²) in [6, 6.07) is 0. The van der Waals surface area contributed by atoms with Crippen molar-refractivity contribution in [3.8, 4) is 0 Å². The molecule has 0 bridgehead atoms. The van der Waals surface area contributed by atoms with E-state index in [4.69, 9.17) is 0 Å². The first-order valence-corrected chi connectivity index (χ1v) is 6.15. The molecule has 6 nitrogen and oxygen atoms in total. The first-order chi connectivity index (χ1) is 8.34. The van der Waals surface area contributed by atoms with Crippen molar-refractivity contribution in [3.63, 3.8) is 0 Å². The Labute approximate surface area is 107 Å². The van der Waals surface area contributed by atoms with Gasteiger partial charge in [0, 0.05) is 25.2 Å². The van der Waals surface area contributed by atoms with Gasteiger partial charge in [-0.2, -0.15) is 0 Å². The van der Waals surface area contributed by atoms with E-state index < -0.39 is 28.8 Å². The van der Waals surface area contributed by atoms with Crippen molar-refractivity contribution in [2.45, 2.75) is 58.4 Å². The standard InChI is InChI=1S/C12H21NO5/c1-4-5-6-7-8-11(15)12(3,13(16)17)9-18-10(2)14/h4-9H2,1-3H3. The molecule has 0 aromatic rings. The maximum Gasteiger partial charge on any atom is 0.309 e. The number of rotatable bonds is 9. The molecule has 18 heavy (non-hydrogen) atoms. The third-order valence-electron chi connectivity index (χ3n) is 2.82. The number of nitrogens with zero attached hydrogens (tertiary/aromatic N) is 1. The average molecular weight is 259 g/mol. The van der Waals surface area contributed by atoms with Crippen molar-refractivity contribution in [3.05, 3.63) is 10.1 Å². The zero-order chi connectivity index (χ0) is 14.2. The number of nitro groups is 1. The summed E-state index contributed by atoms with van der Waals surface area (Å²) in [6.45, 7) is 3.91. The summed E-state index contributed by atoms with van der Waals surface area (Å²) < 4.78 is 4.62. The second-order valence-electron chi connectivity index (χ2n) is 4.55. The maximum absolute atomic E-state index is 11.8. The number of carbonyl (C=O) groups is 2. The van der Waals surface area contributed by atoms with Crippen LogP contribution in [0.15, 0.2) is 0 Å². The van der Waals surface area contributed by atoms with Crippen LogP contribution in [0.4, 0.5) is 0 Å². The van der Waals surface area contributed by atoms with Gasteiger partial charge in [-0.05, 0) is 6.42 Å². The lowest BCUT2D eigenvalue weighted by Gasteiger charge is -2.18. The first-order valence-electron chi connectivity index (χ1n) is 6.15.